The van der Waals surface area contributed by atoms with Crippen molar-refractivity contribution in [1.29, 1.82) is 0 Å². The molecule has 54 valence electrons. The fraction of sp³-hybridized carbons (Fsp3) is 0.125. The van der Waals surface area contributed by atoms with Gasteiger partial charge in [-0.2, -0.15) is 0 Å². The number of carbonyl (C=O) groups excluding carboxylic acids is 1. The number of fused-ring (bicyclic) bond motifs is 1. The lowest BCUT2D eigenvalue weighted by atomic mass is 10.2. The number of amides is 1. The van der Waals surface area contributed by atoms with E-state index < -0.39 is 0 Å². The van der Waals surface area contributed by atoms with E-state index in [4.69, 9.17) is 0 Å². The standard InChI is InChI=1S/C8H6N2O/c11-8-2-1-6-3-4-9-5-7(6)10-8/h1,3-5H,2H2. The van der Waals surface area contributed by atoms with Gasteiger partial charge in [0.05, 0.1) is 11.6 Å². The molecule has 1 aliphatic heterocycles. The normalized spacial score (nSPS) is 14.7. The molecule has 0 aliphatic carbocycles. The van der Waals surface area contributed by atoms with Crippen LogP contribution in [0.1, 0.15) is 6.42 Å². The Morgan fingerprint density at radius 3 is 3.27 bits per heavy atom. The molecule has 0 unspecified atom stereocenters. The fourth-order valence-electron chi connectivity index (χ4n) is 1.04. The molecule has 11 heavy (non-hydrogen) atoms. The van der Waals surface area contributed by atoms with Gasteiger partial charge < -0.3 is 0 Å². The van der Waals surface area contributed by atoms with Crippen molar-refractivity contribution in [3.63, 3.8) is 0 Å². The van der Waals surface area contributed by atoms with Gasteiger partial charge >= 0.3 is 0 Å². The SMILES string of the molecule is O=C1CC=c2ccncc2=N1. The molecule has 1 amide bonds. The lowest BCUT2D eigenvalue weighted by Crippen LogP contribution is -2.29. The zero-order valence-electron chi connectivity index (χ0n) is 5.82. The number of carbonyl (C=O) groups is 1. The number of aromatic nitrogens is 1. The van der Waals surface area contributed by atoms with Gasteiger partial charge in [0.2, 0.25) is 5.91 Å². The summed E-state index contributed by atoms with van der Waals surface area (Å²) >= 11 is 0. The third-order valence-electron chi connectivity index (χ3n) is 1.57. The first-order valence-corrected chi connectivity index (χ1v) is 3.38. The fourth-order valence-corrected chi connectivity index (χ4v) is 1.04. The summed E-state index contributed by atoms with van der Waals surface area (Å²) in [4.78, 5) is 18.5. The highest BCUT2D eigenvalue weighted by Gasteiger charge is 2.00. The van der Waals surface area contributed by atoms with E-state index in [0.29, 0.717) is 11.8 Å². The van der Waals surface area contributed by atoms with Crippen LogP contribution >= 0.6 is 0 Å². The first-order chi connectivity index (χ1) is 5.36. The van der Waals surface area contributed by atoms with Crippen LogP contribution in [0.25, 0.3) is 6.08 Å². The van der Waals surface area contributed by atoms with Crippen molar-refractivity contribution < 1.29 is 4.79 Å². The Morgan fingerprint density at radius 1 is 1.45 bits per heavy atom. The molecule has 0 spiro atoms. The van der Waals surface area contributed by atoms with Crippen LogP contribution < -0.4 is 10.6 Å². The van der Waals surface area contributed by atoms with Gasteiger partial charge in [-0.1, -0.05) is 6.08 Å². The molecule has 0 saturated carbocycles. The van der Waals surface area contributed by atoms with Crippen molar-refractivity contribution in [2.75, 3.05) is 0 Å². The van der Waals surface area contributed by atoms with Crippen molar-refractivity contribution in [1.82, 2.24) is 4.98 Å². The Labute approximate surface area is 63.1 Å². The average molecular weight is 146 g/mol. The van der Waals surface area contributed by atoms with E-state index in [1.165, 1.54) is 0 Å². The average Bonchev–Trinajstić information content (AvgIpc) is 2.04. The summed E-state index contributed by atoms with van der Waals surface area (Å²) in [6.45, 7) is 0. The van der Waals surface area contributed by atoms with E-state index in [0.717, 1.165) is 5.22 Å². The summed E-state index contributed by atoms with van der Waals surface area (Å²) in [5.74, 6) is -0.0921. The van der Waals surface area contributed by atoms with Crippen molar-refractivity contribution in [3.05, 3.63) is 29.0 Å². The maximum absolute atomic E-state index is 10.8. The predicted octanol–water partition coefficient (Wildman–Crippen LogP) is -0.588. The third kappa shape index (κ3) is 1.05. The van der Waals surface area contributed by atoms with E-state index in [1.807, 2.05) is 12.1 Å². The van der Waals surface area contributed by atoms with Crippen LogP contribution in [0, 0.1) is 0 Å². The Balaban J connectivity index is 2.83. The molecule has 1 aromatic heterocycles. The van der Waals surface area contributed by atoms with Gasteiger partial charge in [0, 0.05) is 12.6 Å². The van der Waals surface area contributed by atoms with Crippen molar-refractivity contribution in [2.24, 2.45) is 4.99 Å². The van der Waals surface area contributed by atoms with Gasteiger partial charge in [-0.25, -0.2) is 4.99 Å². The first-order valence-electron chi connectivity index (χ1n) is 3.38. The topological polar surface area (TPSA) is 42.3 Å². The van der Waals surface area contributed by atoms with Crippen LogP contribution in [-0.4, -0.2) is 10.9 Å². The highest BCUT2D eigenvalue weighted by Crippen LogP contribution is 1.87. The predicted molar refractivity (Wildman–Crippen MR) is 39.1 cm³/mol. The molecule has 0 saturated heterocycles. The minimum absolute atomic E-state index is 0.0921. The molecule has 1 aliphatic rings. The Bertz CT molecular complexity index is 408. The van der Waals surface area contributed by atoms with Gasteiger partial charge in [0.15, 0.2) is 0 Å². The summed E-state index contributed by atoms with van der Waals surface area (Å²) in [6.07, 6.45) is 5.58. The van der Waals surface area contributed by atoms with E-state index in [2.05, 4.69) is 9.98 Å². The van der Waals surface area contributed by atoms with Crippen LogP contribution in [0.5, 0.6) is 0 Å². The van der Waals surface area contributed by atoms with Crippen LogP contribution in [0.2, 0.25) is 0 Å². The van der Waals surface area contributed by atoms with Gasteiger partial charge in [-0.05, 0) is 11.3 Å². The zero-order valence-corrected chi connectivity index (χ0v) is 5.82. The molecule has 3 heteroatoms. The van der Waals surface area contributed by atoms with Crippen molar-refractivity contribution >= 4 is 12.0 Å². The molecule has 1 aromatic rings. The largest absolute Gasteiger partial charge is 0.272 e. The number of pyridine rings is 1. The number of hydrogen-bond donors (Lipinski definition) is 0. The lowest BCUT2D eigenvalue weighted by Gasteiger charge is -1.95. The highest BCUT2D eigenvalue weighted by molar-refractivity contribution is 5.82. The van der Waals surface area contributed by atoms with Crippen LogP contribution in [0.3, 0.4) is 0 Å². The maximum atomic E-state index is 10.8. The molecular weight excluding hydrogens is 140 g/mol. The number of rotatable bonds is 0. The molecule has 0 N–H and O–H groups in total. The van der Waals surface area contributed by atoms with E-state index >= 15 is 0 Å². The van der Waals surface area contributed by atoms with Gasteiger partial charge in [-0.15, -0.1) is 0 Å². The Hall–Kier alpha value is -1.51. The summed E-state index contributed by atoms with van der Waals surface area (Å²) in [7, 11) is 0. The van der Waals surface area contributed by atoms with Gasteiger partial charge in [0.1, 0.15) is 0 Å². The minimum atomic E-state index is -0.0921. The number of hydrogen-bond acceptors (Lipinski definition) is 2. The molecule has 0 fully saturated rings. The molecule has 3 nitrogen and oxygen atoms in total. The molecule has 0 bridgehead atoms. The monoisotopic (exact) mass is 146 g/mol. The maximum Gasteiger partial charge on any atom is 0.250 e. The van der Waals surface area contributed by atoms with Gasteiger partial charge in [-0.3, -0.25) is 9.78 Å². The second-order valence-corrected chi connectivity index (χ2v) is 2.35. The zero-order chi connectivity index (χ0) is 7.68. The van der Waals surface area contributed by atoms with Crippen molar-refractivity contribution in [2.45, 2.75) is 6.42 Å². The first kappa shape index (κ1) is 6.22. The Morgan fingerprint density at radius 2 is 2.36 bits per heavy atom. The van der Waals surface area contributed by atoms with E-state index in [9.17, 15) is 4.79 Å². The molecular formula is C8H6N2O. The van der Waals surface area contributed by atoms with Crippen molar-refractivity contribution in [3.8, 4) is 0 Å². The lowest BCUT2D eigenvalue weighted by molar-refractivity contribution is -0.117. The molecule has 0 atom stereocenters. The third-order valence-corrected chi connectivity index (χ3v) is 1.57. The van der Waals surface area contributed by atoms with Crippen LogP contribution in [-0.2, 0) is 4.79 Å². The summed E-state index contributed by atoms with van der Waals surface area (Å²) in [6, 6.07) is 1.85. The number of nitrogens with zero attached hydrogens (tertiary/aromatic N) is 2. The molecule has 0 aromatic carbocycles. The van der Waals surface area contributed by atoms with Crippen LogP contribution in [0.15, 0.2) is 23.5 Å². The van der Waals surface area contributed by atoms with E-state index in [1.54, 1.807) is 12.4 Å². The quantitative estimate of drug-likeness (QED) is 0.491. The molecule has 0 radical (unpaired) electrons. The van der Waals surface area contributed by atoms with Gasteiger partial charge in [0.25, 0.3) is 0 Å². The smallest absolute Gasteiger partial charge is 0.250 e. The minimum Gasteiger partial charge on any atom is -0.272 e. The molecule has 2 rings (SSSR count). The van der Waals surface area contributed by atoms with E-state index in [-0.39, 0.29) is 5.91 Å². The summed E-state index contributed by atoms with van der Waals surface area (Å²) < 4.78 is 0. The molecule has 2 heterocycles. The second-order valence-electron chi connectivity index (χ2n) is 2.35. The highest BCUT2D eigenvalue weighted by atomic mass is 16.1. The van der Waals surface area contributed by atoms with Crippen LogP contribution in [0.4, 0.5) is 0 Å². The second kappa shape index (κ2) is 2.27. The summed E-state index contributed by atoms with van der Waals surface area (Å²) in [5, 5.41) is 1.68. The Kier molecular flexibility index (Phi) is 1.28. The summed E-state index contributed by atoms with van der Waals surface area (Å²) in [5.41, 5.74) is 0.